The van der Waals surface area contributed by atoms with E-state index in [0.29, 0.717) is 18.7 Å². The van der Waals surface area contributed by atoms with Gasteiger partial charge < -0.3 is 26.0 Å². The van der Waals surface area contributed by atoms with Gasteiger partial charge in [-0.3, -0.25) is 14.4 Å². The SMILES string of the molecule is CC(=O)NCCc1ccccc1Cc1ccccc1CCC(=O)N1CCNCC1.Cc1ccc(OCC(N)=O)cc1. The number of ether oxygens (including phenoxy) is 1. The van der Waals surface area contributed by atoms with Crippen molar-refractivity contribution in [1.82, 2.24) is 15.5 Å². The Morgan fingerprint density at radius 3 is 1.98 bits per heavy atom. The number of hydrogen-bond donors (Lipinski definition) is 3. The van der Waals surface area contributed by atoms with Crippen LogP contribution in [0.5, 0.6) is 5.75 Å². The van der Waals surface area contributed by atoms with Crippen molar-refractivity contribution in [3.05, 3.63) is 101 Å². The van der Waals surface area contributed by atoms with Crippen molar-refractivity contribution in [2.24, 2.45) is 5.73 Å². The molecule has 3 aromatic rings. The Bertz CT molecular complexity index is 1270. The van der Waals surface area contributed by atoms with Crippen LogP contribution in [0.4, 0.5) is 0 Å². The molecule has 8 heteroatoms. The van der Waals surface area contributed by atoms with Crippen molar-refractivity contribution in [3.8, 4) is 5.75 Å². The zero-order valence-corrected chi connectivity index (χ0v) is 24.2. The van der Waals surface area contributed by atoms with Gasteiger partial charge in [0.25, 0.3) is 5.91 Å². The van der Waals surface area contributed by atoms with E-state index in [1.807, 2.05) is 30.0 Å². The fourth-order valence-corrected chi connectivity index (χ4v) is 4.63. The molecule has 0 aromatic heterocycles. The molecular weight excluding hydrogens is 516 g/mol. The van der Waals surface area contributed by atoms with E-state index in [9.17, 15) is 14.4 Å². The first-order valence-corrected chi connectivity index (χ1v) is 14.2. The summed E-state index contributed by atoms with van der Waals surface area (Å²) in [5.74, 6) is 0.453. The van der Waals surface area contributed by atoms with Gasteiger partial charge in [-0.25, -0.2) is 0 Å². The standard InChI is InChI=1S/C24H31N3O2.C9H11NO2/c1-19(28)26-13-12-21-7-3-5-9-23(21)18-22-8-4-2-6-20(22)10-11-24(29)27-16-14-25-15-17-27;1-7-2-4-8(5-3-7)12-6-9(10)11/h2-9,25H,10-18H2,1H3,(H,26,28);2-5H,6H2,1H3,(H2,10,11). The van der Waals surface area contributed by atoms with Gasteiger partial charge in [-0.05, 0) is 60.6 Å². The number of amides is 3. The Labute approximate surface area is 243 Å². The second kappa shape index (κ2) is 16.8. The quantitative estimate of drug-likeness (QED) is 0.335. The summed E-state index contributed by atoms with van der Waals surface area (Å²) in [6.45, 7) is 7.50. The molecule has 4 rings (SSSR count). The maximum atomic E-state index is 12.5. The van der Waals surface area contributed by atoms with E-state index in [1.165, 1.54) is 22.3 Å². The summed E-state index contributed by atoms with van der Waals surface area (Å²) in [6, 6.07) is 24.3. The Balaban J connectivity index is 0.000000322. The van der Waals surface area contributed by atoms with Crippen molar-refractivity contribution in [3.63, 3.8) is 0 Å². The number of carbonyl (C=O) groups excluding carboxylic acids is 3. The minimum atomic E-state index is -0.462. The zero-order chi connectivity index (χ0) is 29.5. The number of nitrogens with two attached hydrogens (primary N) is 1. The maximum Gasteiger partial charge on any atom is 0.255 e. The monoisotopic (exact) mass is 558 g/mol. The van der Waals surface area contributed by atoms with Crippen LogP contribution < -0.4 is 21.1 Å². The van der Waals surface area contributed by atoms with Crippen LogP contribution in [-0.2, 0) is 33.6 Å². The van der Waals surface area contributed by atoms with E-state index in [0.717, 1.165) is 51.0 Å². The topological polar surface area (TPSA) is 114 Å². The first kappa shape index (κ1) is 31.4. The van der Waals surface area contributed by atoms with Crippen LogP contribution >= 0.6 is 0 Å². The van der Waals surface area contributed by atoms with Crippen LogP contribution in [0, 0.1) is 6.92 Å². The highest BCUT2D eigenvalue weighted by atomic mass is 16.5. The van der Waals surface area contributed by atoms with Crippen LogP contribution in [0.2, 0.25) is 0 Å². The number of hydrogen-bond acceptors (Lipinski definition) is 5. The zero-order valence-electron chi connectivity index (χ0n) is 24.2. The average molecular weight is 559 g/mol. The lowest BCUT2D eigenvalue weighted by Gasteiger charge is -2.27. The number of benzene rings is 3. The lowest BCUT2D eigenvalue weighted by Crippen LogP contribution is -2.46. The summed E-state index contributed by atoms with van der Waals surface area (Å²) in [5, 5.41) is 6.16. The van der Waals surface area contributed by atoms with Crippen molar-refractivity contribution in [2.75, 3.05) is 39.3 Å². The number of piperazine rings is 1. The molecule has 0 spiro atoms. The molecule has 0 radical (unpaired) electrons. The summed E-state index contributed by atoms with van der Waals surface area (Å²) in [5.41, 5.74) is 11.1. The van der Waals surface area contributed by atoms with E-state index in [1.54, 1.807) is 19.1 Å². The minimum Gasteiger partial charge on any atom is -0.484 e. The fourth-order valence-electron chi connectivity index (χ4n) is 4.63. The van der Waals surface area contributed by atoms with Gasteiger partial charge in [0.05, 0.1) is 0 Å². The first-order chi connectivity index (χ1) is 19.8. The van der Waals surface area contributed by atoms with Gasteiger partial charge in [0.1, 0.15) is 5.75 Å². The molecule has 0 bridgehead atoms. The highest BCUT2D eigenvalue weighted by Gasteiger charge is 2.16. The van der Waals surface area contributed by atoms with E-state index in [4.69, 9.17) is 10.5 Å². The molecule has 1 fully saturated rings. The third kappa shape index (κ3) is 11.5. The fraction of sp³-hybridized carbons (Fsp3) is 0.364. The molecule has 4 N–H and O–H groups in total. The molecule has 41 heavy (non-hydrogen) atoms. The Hall–Kier alpha value is -4.17. The number of carbonyl (C=O) groups is 3. The van der Waals surface area contributed by atoms with Gasteiger partial charge in [-0.1, -0.05) is 66.2 Å². The van der Waals surface area contributed by atoms with Crippen LogP contribution in [0.1, 0.15) is 41.2 Å². The Morgan fingerprint density at radius 2 is 1.41 bits per heavy atom. The molecule has 8 nitrogen and oxygen atoms in total. The summed E-state index contributed by atoms with van der Waals surface area (Å²) < 4.78 is 5.05. The molecule has 3 aromatic carbocycles. The first-order valence-electron chi connectivity index (χ1n) is 14.2. The van der Waals surface area contributed by atoms with Crippen LogP contribution in [0.15, 0.2) is 72.8 Å². The third-order valence-corrected chi connectivity index (χ3v) is 6.87. The van der Waals surface area contributed by atoms with Gasteiger partial charge in [0, 0.05) is 46.1 Å². The van der Waals surface area contributed by atoms with Gasteiger partial charge in [0.2, 0.25) is 11.8 Å². The second-order valence-electron chi connectivity index (χ2n) is 10.1. The molecule has 1 aliphatic rings. The number of primary amides is 1. The average Bonchev–Trinajstić information content (AvgIpc) is 2.98. The number of nitrogens with zero attached hydrogens (tertiary/aromatic N) is 1. The lowest BCUT2D eigenvalue weighted by molar-refractivity contribution is -0.131. The molecule has 1 saturated heterocycles. The van der Waals surface area contributed by atoms with Crippen molar-refractivity contribution in [1.29, 1.82) is 0 Å². The Kier molecular flexibility index (Phi) is 12.9. The molecule has 0 saturated carbocycles. The number of nitrogens with one attached hydrogen (secondary N) is 2. The van der Waals surface area contributed by atoms with E-state index < -0.39 is 5.91 Å². The van der Waals surface area contributed by atoms with Crippen molar-refractivity contribution in [2.45, 2.75) is 39.5 Å². The van der Waals surface area contributed by atoms with Crippen LogP contribution in [-0.4, -0.2) is 62.0 Å². The molecule has 1 heterocycles. The highest BCUT2D eigenvalue weighted by molar-refractivity contribution is 5.76. The molecule has 1 aliphatic heterocycles. The molecular formula is C33H42N4O4. The van der Waals surface area contributed by atoms with E-state index in [-0.39, 0.29) is 18.4 Å². The summed E-state index contributed by atoms with van der Waals surface area (Å²) >= 11 is 0. The highest BCUT2D eigenvalue weighted by Crippen LogP contribution is 2.20. The van der Waals surface area contributed by atoms with Crippen molar-refractivity contribution >= 4 is 17.7 Å². The van der Waals surface area contributed by atoms with Gasteiger partial charge in [-0.15, -0.1) is 0 Å². The van der Waals surface area contributed by atoms with Crippen molar-refractivity contribution < 1.29 is 19.1 Å². The maximum absolute atomic E-state index is 12.5. The van der Waals surface area contributed by atoms with E-state index >= 15 is 0 Å². The normalized spacial score (nSPS) is 12.6. The van der Waals surface area contributed by atoms with Crippen LogP contribution in [0.25, 0.3) is 0 Å². The summed E-state index contributed by atoms with van der Waals surface area (Å²) in [6.07, 6.45) is 2.99. The third-order valence-electron chi connectivity index (χ3n) is 6.87. The molecule has 0 atom stereocenters. The number of rotatable bonds is 11. The predicted octanol–water partition coefficient (Wildman–Crippen LogP) is 3.18. The lowest BCUT2D eigenvalue weighted by atomic mass is 9.93. The van der Waals surface area contributed by atoms with Gasteiger partial charge in [0.15, 0.2) is 6.61 Å². The predicted molar refractivity (Wildman–Crippen MR) is 162 cm³/mol. The van der Waals surface area contributed by atoms with Crippen LogP contribution in [0.3, 0.4) is 0 Å². The number of aryl methyl sites for hydroxylation is 2. The summed E-state index contributed by atoms with van der Waals surface area (Å²) in [7, 11) is 0. The van der Waals surface area contributed by atoms with E-state index in [2.05, 4.69) is 53.1 Å². The summed E-state index contributed by atoms with van der Waals surface area (Å²) in [4.78, 5) is 36.0. The van der Waals surface area contributed by atoms with Gasteiger partial charge >= 0.3 is 0 Å². The smallest absolute Gasteiger partial charge is 0.255 e. The minimum absolute atomic E-state index is 0.00183. The second-order valence-corrected chi connectivity index (χ2v) is 10.1. The molecule has 0 unspecified atom stereocenters. The largest absolute Gasteiger partial charge is 0.484 e. The molecule has 218 valence electrons. The molecule has 0 aliphatic carbocycles. The Morgan fingerprint density at radius 1 is 0.854 bits per heavy atom. The molecule has 3 amide bonds. The van der Waals surface area contributed by atoms with Gasteiger partial charge in [-0.2, -0.15) is 0 Å².